The van der Waals surface area contributed by atoms with E-state index in [0.29, 0.717) is 30.8 Å². The zero-order chi connectivity index (χ0) is 19.1. The fourth-order valence-electron chi connectivity index (χ4n) is 4.33. The molecule has 0 spiro atoms. The van der Waals surface area contributed by atoms with Gasteiger partial charge in [0.2, 0.25) is 0 Å². The van der Waals surface area contributed by atoms with E-state index in [1.165, 1.54) is 12.5 Å². The lowest BCUT2D eigenvalue weighted by molar-refractivity contribution is 0.188. The Balaban J connectivity index is 1.34. The van der Waals surface area contributed by atoms with E-state index in [1.807, 2.05) is 9.47 Å². The molecular weight excluding hydrogens is 363 g/mol. The first-order chi connectivity index (χ1) is 13.7. The van der Waals surface area contributed by atoms with Crippen LogP contribution < -0.4 is 9.80 Å². The van der Waals surface area contributed by atoms with Crippen molar-refractivity contribution in [2.24, 2.45) is 11.8 Å². The van der Waals surface area contributed by atoms with E-state index in [-0.39, 0.29) is 5.82 Å². The molecule has 0 saturated carbocycles. The van der Waals surface area contributed by atoms with Gasteiger partial charge in [-0.3, -0.25) is 0 Å². The lowest BCUT2D eigenvalue weighted by atomic mass is 10.0. The number of hydrogen-bond donors (Lipinski definition) is 0. The molecule has 2 fully saturated rings. The first kappa shape index (κ1) is 17.2. The molecule has 0 aromatic carbocycles. The van der Waals surface area contributed by atoms with Crippen molar-refractivity contribution in [3.63, 3.8) is 0 Å². The van der Waals surface area contributed by atoms with Gasteiger partial charge in [-0.05, 0) is 0 Å². The zero-order valence-corrected chi connectivity index (χ0v) is 15.6. The maximum atomic E-state index is 14.0. The van der Waals surface area contributed by atoms with Crippen LogP contribution in [0.25, 0.3) is 11.2 Å². The van der Waals surface area contributed by atoms with Crippen LogP contribution in [-0.2, 0) is 11.3 Å². The Hall–Kier alpha value is -2.88. The Kier molecular flexibility index (Phi) is 4.27. The molecule has 3 aromatic rings. The summed E-state index contributed by atoms with van der Waals surface area (Å²) in [6.45, 7) is 4.61. The quantitative estimate of drug-likeness (QED) is 0.644. The standard InChI is InChI=1S/C18H21FN8O/c1-28-3-2-25-11-24-15-17(25)22-10-23-18(15)27-7-12-5-26(6-13(12)8-27)16-14(19)4-20-9-21-16/h4,9-13H,2-3,5-8H2,1H3. The molecule has 0 bridgehead atoms. The van der Waals surface area contributed by atoms with E-state index in [1.54, 1.807) is 19.8 Å². The van der Waals surface area contributed by atoms with Crippen LogP contribution in [0.4, 0.5) is 16.0 Å². The molecule has 5 heterocycles. The summed E-state index contributed by atoms with van der Waals surface area (Å²) < 4.78 is 21.2. The van der Waals surface area contributed by atoms with E-state index in [0.717, 1.165) is 43.2 Å². The molecule has 9 nitrogen and oxygen atoms in total. The molecule has 2 aliphatic heterocycles. The van der Waals surface area contributed by atoms with Crippen LogP contribution >= 0.6 is 0 Å². The molecule has 0 radical (unpaired) electrons. The van der Waals surface area contributed by atoms with Gasteiger partial charge in [0.25, 0.3) is 0 Å². The number of aromatic nitrogens is 6. The second-order valence-electron chi connectivity index (χ2n) is 7.32. The highest BCUT2D eigenvalue weighted by atomic mass is 19.1. The van der Waals surface area contributed by atoms with E-state index in [4.69, 9.17) is 4.74 Å². The fraction of sp³-hybridized carbons (Fsp3) is 0.500. The topological polar surface area (TPSA) is 85.1 Å². The highest BCUT2D eigenvalue weighted by Gasteiger charge is 2.42. The Bertz CT molecular complexity index is 981. The smallest absolute Gasteiger partial charge is 0.183 e. The highest BCUT2D eigenvalue weighted by Crippen LogP contribution is 2.36. The van der Waals surface area contributed by atoms with Crippen LogP contribution in [0.5, 0.6) is 0 Å². The van der Waals surface area contributed by atoms with Gasteiger partial charge >= 0.3 is 0 Å². The highest BCUT2D eigenvalue weighted by molar-refractivity contribution is 5.83. The average Bonchev–Trinajstić information content (AvgIpc) is 3.39. The second-order valence-corrected chi connectivity index (χ2v) is 7.32. The number of hydrogen-bond acceptors (Lipinski definition) is 8. The molecule has 2 saturated heterocycles. The maximum Gasteiger partial charge on any atom is 0.183 e. The summed E-state index contributed by atoms with van der Waals surface area (Å²) in [6.07, 6.45) is 6.01. The second kappa shape index (κ2) is 6.93. The minimum atomic E-state index is -0.363. The summed E-state index contributed by atoms with van der Waals surface area (Å²) in [4.78, 5) is 25.6. The van der Waals surface area contributed by atoms with Crippen LogP contribution in [0.3, 0.4) is 0 Å². The number of rotatable bonds is 5. The van der Waals surface area contributed by atoms with E-state index >= 15 is 0 Å². The van der Waals surface area contributed by atoms with Crippen LogP contribution in [0.15, 0.2) is 25.2 Å². The van der Waals surface area contributed by atoms with Crippen molar-refractivity contribution in [1.29, 1.82) is 0 Å². The summed E-state index contributed by atoms with van der Waals surface area (Å²) in [6, 6.07) is 0. The van der Waals surface area contributed by atoms with Crippen molar-refractivity contribution in [3.05, 3.63) is 31.0 Å². The Labute approximate surface area is 161 Å². The van der Waals surface area contributed by atoms with Crippen molar-refractivity contribution in [3.8, 4) is 0 Å². The molecule has 10 heteroatoms. The molecule has 146 valence electrons. The summed E-state index contributed by atoms with van der Waals surface area (Å²) in [5.74, 6) is 1.79. The molecule has 2 unspecified atom stereocenters. The van der Waals surface area contributed by atoms with Crippen molar-refractivity contribution in [2.75, 3.05) is 49.7 Å². The van der Waals surface area contributed by atoms with E-state index in [2.05, 4.69) is 29.8 Å². The SMILES string of the molecule is COCCn1cnc2c(N3CC4CN(c5ncncc5F)CC4C3)ncnc21. The number of anilines is 2. The third kappa shape index (κ3) is 2.84. The van der Waals surface area contributed by atoms with Crippen LogP contribution in [0, 0.1) is 17.7 Å². The molecule has 0 N–H and O–H groups in total. The van der Waals surface area contributed by atoms with Gasteiger partial charge in [0.1, 0.15) is 12.7 Å². The van der Waals surface area contributed by atoms with Crippen molar-refractivity contribution < 1.29 is 9.13 Å². The first-order valence-corrected chi connectivity index (χ1v) is 9.34. The normalized spacial score (nSPS) is 21.6. The Morgan fingerprint density at radius 3 is 2.43 bits per heavy atom. The van der Waals surface area contributed by atoms with Gasteiger partial charge in [0.05, 0.1) is 19.1 Å². The van der Waals surface area contributed by atoms with Crippen LogP contribution in [0.1, 0.15) is 0 Å². The van der Waals surface area contributed by atoms with Crippen LogP contribution in [-0.4, -0.2) is 69.4 Å². The molecule has 2 atom stereocenters. The van der Waals surface area contributed by atoms with E-state index < -0.39 is 0 Å². The fourth-order valence-corrected chi connectivity index (χ4v) is 4.33. The van der Waals surface area contributed by atoms with Gasteiger partial charge in [0.15, 0.2) is 28.6 Å². The minimum absolute atomic E-state index is 0.363. The lowest BCUT2D eigenvalue weighted by Crippen LogP contribution is -2.30. The summed E-state index contributed by atoms with van der Waals surface area (Å²) in [5.41, 5.74) is 1.64. The third-order valence-electron chi connectivity index (χ3n) is 5.65. The molecule has 2 aliphatic rings. The predicted octanol–water partition coefficient (Wildman–Crippen LogP) is 0.974. The average molecular weight is 384 g/mol. The molecule has 0 aliphatic carbocycles. The number of ether oxygens (including phenoxy) is 1. The zero-order valence-electron chi connectivity index (χ0n) is 15.6. The van der Waals surface area contributed by atoms with Gasteiger partial charge in [-0.15, -0.1) is 0 Å². The summed E-state index contributed by atoms with van der Waals surface area (Å²) in [5, 5.41) is 0. The predicted molar refractivity (Wildman–Crippen MR) is 101 cm³/mol. The van der Waals surface area contributed by atoms with E-state index in [9.17, 15) is 4.39 Å². The largest absolute Gasteiger partial charge is 0.383 e. The molecule has 0 amide bonds. The molecule has 28 heavy (non-hydrogen) atoms. The summed E-state index contributed by atoms with van der Waals surface area (Å²) >= 11 is 0. The number of halogens is 1. The Morgan fingerprint density at radius 2 is 1.71 bits per heavy atom. The Morgan fingerprint density at radius 1 is 1.00 bits per heavy atom. The summed E-state index contributed by atoms with van der Waals surface area (Å²) in [7, 11) is 1.68. The number of methoxy groups -OCH3 is 1. The third-order valence-corrected chi connectivity index (χ3v) is 5.65. The molecule has 5 rings (SSSR count). The van der Waals surface area contributed by atoms with Gasteiger partial charge in [-0.2, -0.15) is 0 Å². The first-order valence-electron chi connectivity index (χ1n) is 9.34. The number of imidazole rings is 1. The van der Waals surface area contributed by atoms with Gasteiger partial charge in [-0.1, -0.05) is 0 Å². The number of fused-ring (bicyclic) bond motifs is 2. The van der Waals surface area contributed by atoms with Gasteiger partial charge in [-0.25, -0.2) is 29.3 Å². The van der Waals surface area contributed by atoms with Crippen LogP contribution in [0.2, 0.25) is 0 Å². The van der Waals surface area contributed by atoms with Gasteiger partial charge in [0, 0.05) is 51.7 Å². The van der Waals surface area contributed by atoms with Gasteiger partial charge < -0.3 is 19.1 Å². The monoisotopic (exact) mass is 384 g/mol. The lowest BCUT2D eigenvalue weighted by Gasteiger charge is -2.23. The minimum Gasteiger partial charge on any atom is -0.383 e. The molecular formula is C18H21FN8O. The van der Waals surface area contributed by atoms with Crippen molar-refractivity contribution in [2.45, 2.75) is 6.54 Å². The maximum absolute atomic E-state index is 14.0. The van der Waals surface area contributed by atoms with Crippen molar-refractivity contribution in [1.82, 2.24) is 29.5 Å². The molecule has 3 aromatic heterocycles. The van der Waals surface area contributed by atoms with Crippen molar-refractivity contribution >= 4 is 22.8 Å². The number of nitrogens with zero attached hydrogens (tertiary/aromatic N) is 8.